The molecule has 0 aliphatic rings. The Kier molecular flexibility index (Phi) is 5.09. The van der Waals surface area contributed by atoms with Gasteiger partial charge < -0.3 is 9.88 Å². The quantitative estimate of drug-likeness (QED) is 0.546. The van der Waals surface area contributed by atoms with Crippen molar-refractivity contribution >= 4 is 17.5 Å². The van der Waals surface area contributed by atoms with E-state index < -0.39 is 5.82 Å². The number of aromatic nitrogens is 5. The number of halogens is 2. The van der Waals surface area contributed by atoms with Gasteiger partial charge in [0.2, 0.25) is 0 Å². The smallest absolute Gasteiger partial charge is 0.274 e. The molecular weight excluding hydrogens is 395 g/mol. The molecule has 2 heterocycles. The van der Waals surface area contributed by atoms with Crippen LogP contribution < -0.4 is 5.32 Å². The molecule has 2 aromatic carbocycles. The van der Waals surface area contributed by atoms with Crippen LogP contribution in [0.2, 0.25) is 5.02 Å². The van der Waals surface area contributed by atoms with Gasteiger partial charge >= 0.3 is 0 Å². The Morgan fingerprint density at radius 2 is 1.93 bits per heavy atom. The van der Waals surface area contributed by atoms with Crippen molar-refractivity contribution in [3.05, 3.63) is 89.0 Å². The Morgan fingerprint density at radius 1 is 1.17 bits per heavy atom. The van der Waals surface area contributed by atoms with Crippen molar-refractivity contribution in [1.29, 1.82) is 0 Å². The molecule has 4 rings (SSSR count). The van der Waals surface area contributed by atoms with Gasteiger partial charge in [-0.05, 0) is 42.8 Å². The minimum atomic E-state index is -0.523. The highest BCUT2D eigenvalue weighted by atomic mass is 35.5. The van der Waals surface area contributed by atoms with Crippen molar-refractivity contribution in [2.45, 2.75) is 13.5 Å². The third-order valence-corrected chi connectivity index (χ3v) is 4.74. The number of imidazole rings is 1. The maximum Gasteiger partial charge on any atom is 0.274 e. The second kappa shape index (κ2) is 7.84. The Bertz CT molecular complexity index is 1150. The Morgan fingerprint density at radius 3 is 2.62 bits per heavy atom. The second-order valence-corrected chi connectivity index (χ2v) is 6.76. The zero-order valence-electron chi connectivity index (χ0n) is 15.4. The summed E-state index contributed by atoms with van der Waals surface area (Å²) in [7, 11) is 0. The lowest BCUT2D eigenvalue weighted by Gasteiger charge is -2.07. The summed E-state index contributed by atoms with van der Waals surface area (Å²) in [5, 5.41) is 10.8. The Labute approximate surface area is 170 Å². The van der Waals surface area contributed by atoms with Crippen LogP contribution in [0, 0.1) is 12.7 Å². The van der Waals surface area contributed by atoms with Gasteiger partial charge in [-0.3, -0.25) is 4.79 Å². The van der Waals surface area contributed by atoms with E-state index in [9.17, 15) is 9.18 Å². The van der Waals surface area contributed by atoms with Crippen molar-refractivity contribution < 1.29 is 9.18 Å². The molecule has 4 aromatic rings. The third kappa shape index (κ3) is 3.88. The largest absolute Gasteiger partial charge is 0.347 e. The average Bonchev–Trinajstić information content (AvgIpc) is 3.39. The lowest BCUT2D eigenvalue weighted by molar-refractivity contribution is 0.0945. The van der Waals surface area contributed by atoms with Crippen LogP contribution >= 0.6 is 11.6 Å². The minimum Gasteiger partial charge on any atom is -0.347 e. The average molecular weight is 411 g/mol. The lowest BCUT2D eigenvalue weighted by Crippen LogP contribution is -2.24. The SMILES string of the molecule is Cc1c(C(=O)NCc2ccc(-n3ccnc3)cc2)nnn1-c1ccc(F)c(Cl)c1. The van der Waals surface area contributed by atoms with Gasteiger partial charge in [-0.1, -0.05) is 28.9 Å². The molecule has 0 atom stereocenters. The van der Waals surface area contributed by atoms with Crippen LogP contribution in [0.3, 0.4) is 0 Å². The van der Waals surface area contributed by atoms with Crippen LogP contribution in [-0.2, 0) is 6.54 Å². The monoisotopic (exact) mass is 410 g/mol. The predicted octanol–water partition coefficient (Wildman–Crippen LogP) is 3.48. The van der Waals surface area contributed by atoms with E-state index in [1.807, 2.05) is 35.0 Å². The van der Waals surface area contributed by atoms with E-state index in [2.05, 4.69) is 20.6 Å². The molecule has 0 bridgehead atoms. The van der Waals surface area contributed by atoms with Crippen molar-refractivity contribution in [3.63, 3.8) is 0 Å². The molecule has 0 radical (unpaired) electrons. The van der Waals surface area contributed by atoms with Crippen LogP contribution in [0.5, 0.6) is 0 Å². The first-order chi connectivity index (χ1) is 14.0. The summed E-state index contributed by atoms with van der Waals surface area (Å²) in [5.74, 6) is -0.870. The lowest BCUT2D eigenvalue weighted by atomic mass is 10.2. The fraction of sp³-hybridized carbons (Fsp3) is 0.100. The van der Waals surface area contributed by atoms with Crippen molar-refractivity contribution in [2.24, 2.45) is 0 Å². The third-order valence-electron chi connectivity index (χ3n) is 4.45. The fourth-order valence-corrected chi connectivity index (χ4v) is 3.04. The standard InChI is InChI=1S/C20H16ClFN6O/c1-13-19(25-26-28(13)16-6-7-18(22)17(21)10-16)20(29)24-11-14-2-4-15(5-3-14)27-9-8-23-12-27/h2-10,12H,11H2,1H3,(H,24,29). The van der Waals surface area contributed by atoms with Gasteiger partial charge in [0.15, 0.2) is 5.69 Å². The van der Waals surface area contributed by atoms with E-state index in [0.717, 1.165) is 11.3 Å². The number of nitrogens with one attached hydrogen (secondary N) is 1. The predicted molar refractivity (Wildman–Crippen MR) is 106 cm³/mol. The molecular formula is C20H16ClFN6O. The number of hydrogen-bond donors (Lipinski definition) is 1. The molecule has 0 fully saturated rings. The zero-order valence-corrected chi connectivity index (χ0v) is 16.1. The van der Waals surface area contributed by atoms with Gasteiger partial charge in [0.25, 0.3) is 5.91 Å². The first-order valence-electron chi connectivity index (χ1n) is 8.76. The molecule has 0 saturated carbocycles. The number of hydrogen-bond acceptors (Lipinski definition) is 4. The highest BCUT2D eigenvalue weighted by molar-refractivity contribution is 6.30. The van der Waals surface area contributed by atoms with Gasteiger partial charge in [-0.2, -0.15) is 0 Å². The van der Waals surface area contributed by atoms with E-state index in [1.54, 1.807) is 19.4 Å². The van der Waals surface area contributed by atoms with Crippen molar-refractivity contribution in [2.75, 3.05) is 0 Å². The highest BCUT2D eigenvalue weighted by Gasteiger charge is 2.17. The van der Waals surface area contributed by atoms with Gasteiger partial charge in [0, 0.05) is 24.6 Å². The number of amides is 1. The summed E-state index contributed by atoms with van der Waals surface area (Å²) in [6.45, 7) is 2.06. The molecule has 9 heteroatoms. The number of nitrogens with zero attached hydrogens (tertiary/aromatic N) is 5. The van der Waals surface area contributed by atoms with Crippen molar-refractivity contribution in [3.8, 4) is 11.4 Å². The van der Waals surface area contributed by atoms with Gasteiger partial charge in [-0.15, -0.1) is 5.10 Å². The van der Waals surface area contributed by atoms with Crippen LogP contribution in [-0.4, -0.2) is 30.5 Å². The second-order valence-electron chi connectivity index (χ2n) is 6.35. The number of carbonyl (C=O) groups is 1. The molecule has 1 N–H and O–H groups in total. The van der Waals surface area contributed by atoms with Crippen LogP contribution in [0.15, 0.2) is 61.2 Å². The number of carbonyl (C=O) groups excluding carboxylic acids is 1. The normalized spacial score (nSPS) is 10.9. The van der Waals surface area contributed by atoms with Gasteiger partial charge in [0.05, 0.1) is 22.7 Å². The minimum absolute atomic E-state index is 0.0254. The van der Waals surface area contributed by atoms with E-state index in [0.29, 0.717) is 17.9 Å². The zero-order chi connectivity index (χ0) is 20.4. The first-order valence-corrected chi connectivity index (χ1v) is 9.14. The summed E-state index contributed by atoms with van der Waals surface area (Å²) < 4.78 is 16.7. The summed E-state index contributed by atoms with van der Waals surface area (Å²) in [6.07, 6.45) is 5.29. The van der Waals surface area contributed by atoms with E-state index in [-0.39, 0.29) is 16.6 Å². The fourth-order valence-electron chi connectivity index (χ4n) is 2.86. The molecule has 0 spiro atoms. The topological polar surface area (TPSA) is 77.6 Å². The maximum absolute atomic E-state index is 13.4. The van der Waals surface area contributed by atoms with Crippen molar-refractivity contribution in [1.82, 2.24) is 29.9 Å². The first kappa shape index (κ1) is 18.8. The summed E-state index contributed by atoms with van der Waals surface area (Å²) in [4.78, 5) is 16.6. The summed E-state index contributed by atoms with van der Waals surface area (Å²) in [5.41, 5.74) is 3.17. The molecule has 0 aliphatic carbocycles. The molecule has 7 nitrogen and oxygen atoms in total. The Hall–Kier alpha value is -3.52. The molecule has 0 unspecified atom stereocenters. The van der Waals surface area contributed by atoms with Crippen LogP contribution in [0.4, 0.5) is 4.39 Å². The highest BCUT2D eigenvalue weighted by Crippen LogP contribution is 2.20. The Balaban J connectivity index is 1.45. The summed E-state index contributed by atoms with van der Waals surface area (Å²) in [6, 6.07) is 12.0. The van der Waals surface area contributed by atoms with Gasteiger partial charge in [-0.25, -0.2) is 14.1 Å². The molecule has 1 amide bonds. The van der Waals surface area contributed by atoms with Crippen LogP contribution in [0.25, 0.3) is 11.4 Å². The summed E-state index contributed by atoms with van der Waals surface area (Å²) >= 11 is 5.83. The van der Waals surface area contributed by atoms with E-state index in [1.165, 1.54) is 22.9 Å². The van der Waals surface area contributed by atoms with E-state index >= 15 is 0 Å². The molecule has 146 valence electrons. The number of rotatable bonds is 5. The van der Waals surface area contributed by atoms with Gasteiger partial charge in [0.1, 0.15) is 5.82 Å². The van der Waals surface area contributed by atoms with Crippen LogP contribution in [0.1, 0.15) is 21.7 Å². The molecule has 29 heavy (non-hydrogen) atoms. The molecule has 0 aliphatic heterocycles. The maximum atomic E-state index is 13.4. The molecule has 2 aromatic heterocycles. The number of benzene rings is 2. The van der Waals surface area contributed by atoms with E-state index in [4.69, 9.17) is 11.6 Å². The molecule has 0 saturated heterocycles.